The first-order valence-electron chi connectivity index (χ1n) is 12.1. The first-order chi connectivity index (χ1) is 14.3. The van der Waals surface area contributed by atoms with Crippen molar-refractivity contribution in [2.45, 2.75) is 95.8 Å². The number of nitriles is 1. The van der Waals surface area contributed by atoms with Crippen molar-refractivity contribution >= 4 is 0 Å². The van der Waals surface area contributed by atoms with Crippen molar-refractivity contribution in [2.75, 3.05) is 0 Å². The highest BCUT2D eigenvalue weighted by Crippen LogP contribution is 2.44. The molecule has 0 atom stereocenters. The molecule has 0 aromatic heterocycles. The van der Waals surface area contributed by atoms with E-state index >= 15 is 0 Å². The van der Waals surface area contributed by atoms with E-state index in [1.165, 1.54) is 82.6 Å². The fourth-order valence-corrected chi connectivity index (χ4v) is 5.81. The van der Waals surface area contributed by atoms with Crippen molar-refractivity contribution in [3.05, 3.63) is 47.8 Å². The van der Waals surface area contributed by atoms with Gasteiger partial charge in [-0.15, -0.1) is 0 Å². The molecule has 1 nitrogen and oxygen atoms in total. The number of rotatable bonds is 9. The molecule has 3 rings (SSSR count). The number of unbranched alkanes of at least 4 members (excludes halogenated alkanes) is 4. The van der Waals surface area contributed by atoms with E-state index in [9.17, 15) is 4.39 Å². The SMILES string of the molecule is N#Cc1ccc([C@H]2CC[C@H]([C@H]3CC[C@H](CCCCCCC=CF)CC3)CC2)cc1. The average molecular weight is 396 g/mol. The van der Waals surface area contributed by atoms with Crippen LogP contribution in [0.1, 0.15) is 107 Å². The van der Waals surface area contributed by atoms with Crippen molar-refractivity contribution in [1.82, 2.24) is 0 Å². The van der Waals surface area contributed by atoms with Gasteiger partial charge in [-0.1, -0.05) is 56.7 Å². The molecule has 0 unspecified atom stereocenters. The topological polar surface area (TPSA) is 23.8 Å². The lowest BCUT2D eigenvalue weighted by Crippen LogP contribution is -2.25. The normalized spacial score (nSPS) is 27.7. The molecule has 0 bridgehead atoms. The number of allylic oxidation sites excluding steroid dienone is 1. The van der Waals surface area contributed by atoms with Crippen molar-refractivity contribution in [3.63, 3.8) is 0 Å². The summed E-state index contributed by atoms with van der Waals surface area (Å²) in [5, 5.41) is 8.97. The van der Waals surface area contributed by atoms with Crippen LogP contribution in [0, 0.1) is 29.1 Å². The highest BCUT2D eigenvalue weighted by atomic mass is 19.1. The van der Waals surface area contributed by atoms with E-state index < -0.39 is 0 Å². The Hall–Kier alpha value is -1.62. The Morgan fingerprint density at radius 3 is 2.07 bits per heavy atom. The molecule has 0 N–H and O–H groups in total. The Labute approximate surface area is 177 Å². The third-order valence-corrected chi connectivity index (χ3v) is 7.66. The molecule has 2 heteroatoms. The molecule has 0 amide bonds. The van der Waals surface area contributed by atoms with Gasteiger partial charge in [0.15, 0.2) is 0 Å². The largest absolute Gasteiger partial charge is 0.216 e. The minimum atomic E-state index is 0.679. The van der Waals surface area contributed by atoms with E-state index in [1.54, 1.807) is 6.08 Å². The fourth-order valence-electron chi connectivity index (χ4n) is 5.81. The van der Waals surface area contributed by atoms with Gasteiger partial charge in [0, 0.05) is 0 Å². The van der Waals surface area contributed by atoms with Gasteiger partial charge in [0.1, 0.15) is 0 Å². The monoisotopic (exact) mass is 395 g/mol. The maximum absolute atomic E-state index is 11.9. The molecule has 1 aromatic rings. The van der Waals surface area contributed by atoms with Gasteiger partial charge in [-0.05, 0) is 92.7 Å². The molecule has 2 saturated carbocycles. The summed E-state index contributed by atoms with van der Waals surface area (Å²) in [5.74, 6) is 3.59. The molecule has 2 aliphatic rings. The van der Waals surface area contributed by atoms with Crippen LogP contribution < -0.4 is 0 Å². The Balaban J connectivity index is 1.30. The molecule has 1 aromatic carbocycles. The summed E-state index contributed by atoms with van der Waals surface area (Å²) < 4.78 is 11.9. The molecule has 158 valence electrons. The van der Waals surface area contributed by atoms with E-state index in [1.807, 2.05) is 12.1 Å². The zero-order valence-corrected chi connectivity index (χ0v) is 18.0. The van der Waals surface area contributed by atoms with Crippen LogP contribution in [0.3, 0.4) is 0 Å². The smallest absolute Gasteiger partial charge is 0.0991 e. The second-order valence-corrected chi connectivity index (χ2v) is 9.48. The number of halogens is 1. The molecule has 2 fully saturated rings. The van der Waals surface area contributed by atoms with Gasteiger partial charge in [-0.2, -0.15) is 5.26 Å². The van der Waals surface area contributed by atoms with Gasteiger partial charge < -0.3 is 0 Å². The summed E-state index contributed by atoms with van der Waals surface area (Å²) in [7, 11) is 0. The minimum absolute atomic E-state index is 0.679. The van der Waals surface area contributed by atoms with E-state index in [0.717, 1.165) is 36.2 Å². The van der Waals surface area contributed by atoms with Gasteiger partial charge in [-0.3, -0.25) is 0 Å². The zero-order valence-electron chi connectivity index (χ0n) is 18.0. The second-order valence-electron chi connectivity index (χ2n) is 9.48. The van der Waals surface area contributed by atoms with Crippen LogP contribution in [-0.2, 0) is 0 Å². The molecule has 0 radical (unpaired) electrons. The maximum atomic E-state index is 11.9. The van der Waals surface area contributed by atoms with Crippen LogP contribution in [0.15, 0.2) is 36.7 Å². The van der Waals surface area contributed by atoms with Crippen LogP contribution in [0.25, 0.3) is 0 Å². The molecule has 0 aliphatic heterocycles. The van der Waals surface area contributed by atoms with Crippen molar-refractivity contribution in [3.8, 4) is 6.07 Å². The summed E-state index contributed by atoms with van der Waals surface area (Å²) in [6.07, 6.45) is 21.0. The molecule has 0 saturated heterocycles. The summed E-state index contributed by atoms with van der Waals surface area (Å²) in [5.41, 5.74) is 2.21. The van der Waals surface area contributed by atoms with E-state index in [-0.39, 0.29) is 0 Å². The minimum Gasteiger partial charge on any atom is -0.216 e. The lowest BCUT2D eigenvalue weighted by Gasteiger charge is -2.38. The van der Waals surface area contributed by atoms with Crippen molar-refractivity contribution in [1.29, 1.82) is 5.26 Å². The molecule has 2 aliphatic carbocycles. The predicted octanol–water partition coefficient (Wildman–Crippen LogP) is 8.46. The molecular formula is C27H38FN. The van der Waals surface area contributed by atoms with E-state index in [2.05, 4.69) is 18.2 Å². The molecule has 29 heavy (non-hydrogen) atoms. The van der Waals surface area contributed by atoms with Crippen molar-refractivity contribution < 1.29 is 4.39 Å². The van der Waals surface area contributed by atoms with Crippen LogP contribution in [0.5, 0.6) is 0 Å². The Morgan fingerprint density at radius 1 is 0.828 bits per heavy atom. The zero-order chi connectivity index (χ0) is 20.3. The van der Waals surface area contributed by atoms with Crippen LogP contribution in [0.2, 0.25) is 0 Å². The van der Waals surface area contributed by atoms with Gasteiger partial charge in [0.2, 0.25) is 0 Å². The second kappa shape index (κ2) is 12.2. The highest BCUT2D eigenvalue weighted by molar-refractivity contribution is 5.33. The summed E-state index contributed by atoms with van der Waals surface area (Å²) in [4.78, 5) is 0. The van der Waals surface area contributed by atoms with Crippen LogP contribution in [-0.4, -0.2) is 0 Å². The summed E-state index contributed by atoms with van der Waals surface area (Å²) in [6.45, 7) is 0. The van der Waals surface area contributed by atoms with Gasteiger partial charge in [-0.25, -0.2) is 4.39 Å². The third-order valence-electron chi connectivity index (χ3n) is 7.66. The van der Waals surface area contributed by atoms with Crippen LogP contribution >= 0.6 is 0 Å². The van der Waals surface area contributed by atoms with Gasteiger partial charge >= 0.3 is 0 Å². The molecular weight excluding hydrogens is 357 g/mol. The first kappa shape index (κ1) is 22.1. The number of hydrogen-bond donors (Lipinski definition) is 0. The lowest BCUT2D eigenvalue weighted by molar-refractivity contribution is 0.155. The molecule has 0 heterocycles. The average Bonchev–Trinajstić information content (AvgIpc) is 2.79. The third kappa shape index (κ3) is 6.98. The summed E-state index contributed by atoms with van der Waals surface area (Å²) >= 11 is 0. The fraction of sp³-hybridized carbons (Fsp3) is 0.667. The number of nitrogens with zero attached hydrogens (tertiary/aromatic N) is 1. The molecule has 0 spiro atoms. The number of benzene rings is 1. The Morgan fingerprint density at radius 2 is 1.45 bits per heavy atom. The highest BCUT2D eigenvalue weighted by Gasteiger charge is 2.31. The maximum Gasteiger partial charge on any atom is 0.0991 e. The quantitative estimate of drug-likeness (QED) is 0.385. The van der Waals surface area contributed by atoms with Crippen LogP contribution in [0.4, 0.5) is 4.39 Å². The van der Waals surface area contributed by atoms with E-state index in [4.69, 9.17) is 5.26 Å². The van der Waals surface area contributed by atoms with Crippen molar-refractivity contribution in [2.24, 2.45) is 17.8 Å². The lowest BCUT2D eigenvalue weighted by atomic mass is 9.68. The Kier molecular flexibility index (Phi) is 9.26. The van der Waals surface area contributed by atoms with E-state index in [0.29, 0.717) is 12.2 Å². The summed E-state index contributed by atoms with van der Waals surface area (Å²) in [6, 6.07) is 10.5. The van der Waals surface area contributed by atoms with Gasteiger partial charge in [0.25, 0.3) is 0 Å². The van der Waals surface area contributed by atoms with Gasteiger partial charge in [0.05, 0.1) is 18.0 Å². The Bertz CT molecular complexity index is 640. The number of hydrogen-bond acceptors (Lipinski definition) is 1. The predicted molar refractivity (Wildman–Crippen MR) is 119 cm³/mol. The standard InChI is InChI=1S/C27H38FN/c28-20-6-4-2-1-3-5-7-22-8-12-24(13-9-22)26-16-18-27(19-17-26)25-14-10-23(21-29)11-15-25/h6,10-11,14-15,20,22,24,26-27H,1-5,7-9,12-13,16-19H2/t22-,24-,26-,27-. The first-order valence-corrected chi connectivity index (χ1v) is 12.1.